The number of oxime groups is 1. The van der Waals surface area contributed by atoms with Gasteiger partial charge in [-0.2, -0.15) is 0 Å². The first kappa shape index (κ1) is 9.24. The van der Waals surface area contributed by atoms with E-state index in [4.69, 9.17) is 15.7 Å². The predicted molar refractivity (Wildman–Crippen MR) is 45.7 cm³/mol. The minimum atomic E-state index is -0.0888. The lowest BCUT2D eigenvalue weighted by atomic mass is 10.4. The van der Waals surface area contributed by atoms with Crippen LogP contribution in [0.4, 0.5) is 0 Å². The maximum atomic E-state index is 8.36. The van der Waals surface area contributed by atoms with Crippen LogP contribution in [0.5, 0.6) is 5.88 Å². The van der Waals surface area contributed by atoms with Gasteiger partial charge < -0.3 is 15.7 Å². The average molecular weight is 182 g/mol. The lowest BCUT2D eigenvalue weighted by Gasteiger charge is -2.02. The van der Waals surface area contributed by atoms with Gasteiger partial charge >= 0.3 is 0 Å². The molecule has 1 aromatic heterocycles. The van der Waals surface area contributed by atoms with Gasteiger partial charge in [-0.1, -0.05) is 5.16 Å². The number of amidine groups is 1. The third kappa shape index (κ3) is 2.29. The summed E-state index contributed by atoms with van der Waals surface area (Å²) in [7, 11) is 0. The van der Waals surface area contributed by atoms with E-state index < -0.39 is 0 Å². The van der Waals surface area contributed by atoms with Crippen LogP contribution in [0.25, 0.3) is 0 Å². The average Bonchev–Trinajstić information content (AvgIpc) is 2.18. The lowest BCUT2D eigenvalue weighted by molar-refractivity contribution is 0.317. The second-order valence-corrected chi connectivity index (χ2v) is 2.16. The molecule has 0 atom stereocenters. The third-order valence-electron chi connectivity index (χ3n) is 1.27. The first-order valence-corrected chi connectivity index (χ1v) is 3.70. The molecular formula is C7H10N4O2. The molecule has 0 spiro atoms. The highest BCUT2D eigenvalue weighted by atomic mass is 16.5. The van der Waals surface area contributed by atoms with Crippen molar-refractivity contribution in [3.63, 3.8) is 0 Å². The van der Waals surface area contributed by atoms with Gasteiger partial charge in [0, 0.05) is 0 Å². The van der Waals surface area contributed by atoms with Gasteiger partial charge in [0.2, 0.25) is 5.88 Å². The third-order valence-corrected chi connectivity index (χ3v) is 1.27. The van der Waals surface area contributed by atoms with Gasteiger partial charge in [0.25, 0.3) is 0 Å². The highest BCUT2D eigenvalue weighted by molar-refractivity contribution is 5.94. The number of aromatic nitrogens is 2. The van der Waals surface area contributed by atoms with E-state index in [2.05, 4.69) is 15.1 Å². The van der Waals surface area contributed by atoms with Crippen molar-refractivity contribution in [2.75, 3.05) is 6.61 Å². The van der Waals surface area contributed by atoms with E-state index >= 15 is 0 Å². The van der Waals surface area contributed by atoms with E-state index in [1.807, 2.05) is 6.92 Å². The normalized spacial score (nSPS) is 11.3. The molecule has 6 heteroatoms. The van der Waals surface area contributed by atoms with Crippen LogP contribution >= 0.6 is 0 Å². The molecule has 6 nitrogen and oxygen atoms in total. The van der Waals surface area contributed by atoms with Crippen LogP contribution in [-0.4, -0.2) is 27.6 Å². The Hall–Kier alpha value is -1.85. The summed E-state index contributed by atoms with van der Waals surface area (Å²) < 4.78 is 5.08. The standard InChI is InChI=1S/C7H10N4O2/c1-2-13-6-4-9-3-5(10-6)7(8)11-12/h3-4,12H,2H2,1H3,(H2,8,11). The number of nitrogens with two attached hydrogens (primary N) is 1. The smallest absolute Gasteiger partial charge is 0.232 e. The molecular weight excluding hydrogens is 172 g/mol. The molecule has 0 saturated carbocycles. The number of nitrogens with zero attached hydrogens (tertiary/aromatic N) is 3. The van der Waals surface area contributed by atoms with Crippen LogP contribution in [0.2, 0.25) is 0 Å². The molecule has 1 rings (SSSR count). The summed E-state index contributed by atoms with van der Waals surface area (Å²) in [6.45, 7) is 2.33. The first-order valence-electron chi connectivity index (χ1n) is 3.70. The number of hydrogen-bond donors (Lipinski definition) is 2. The molecule has 0 fully saturated rings. The van der Waals surface area contributed by atoms with Crippen molar-refractivity contribution >= 4 is 5.84 Å². The van der Waals surface area contributed by atoms with Crippen molar-refractivity contribution in [2.24, 2.45) is 10.9 Å². The van der Waals surface area contributed by atoms with E-state index in [0.717, 1.165) is 0 Å². The van der Waals surface area contributed by atoms with E-state index in [1.165, 1.54) is 12.4 Å². The van der Waals surface area contributed by atoms with Gasteiger partial charge in [0.05, 0.1) is 19.0 Å². The van der Waals surface area contributed by atoms with Gasteiger partial charge in [-0.15, -0.1) is 0 Å². The molecule has 70 valence electrons. The summed E-state index contributed by atoms with van der Waals surface area (Å²) in [5, 5.41) is 11.2. The summed E-state index contributed by atoms with van der Waals surface area (Å²) in [4.78, 5) is 7.75. The second-order valence-electron chi connectivity index (χ2n) is 2.16. The Bertz CT molecular complexity index is 313. The van der Waals surface area contributed by atoms with E-state index in [1.54, 1.807) is 0 Å². The molecule has 1 heterocycles. The molecule has 0 saturated heterocycles. The highest BCUT2D eigenvalue weighted by Gasteiger charge is 2.02. The summed E-state index contributed by atoms with van der Waals surface area (Å²) in [6.07, 6.45) is 2.84. The van der Waals surface area contributed by atoms with Crippen molar-refractivity contribution in [2.45, 2.75) is 6.92 Å². The maximum absolute atomic E-state index is 8.36. The number of rotatable bonds is 3. The minimum Gasteiger partial charge on any atom is -0.477 e. The van der Waals surface area contributed by atoms with Gasteiger partial charge in [-0.3, -0.25) is 4.98 Å². The lowest BCUT2D eigenvalue weighted by Crippen LogP contribution is -2.15. The topological polar surface area (TPSA) is 93.6 Å². The molecule has 3 N–H and O–H groups in total. The van der Waals surface area contributed by atoms with E-state index in [9.17, 15) is 0 Å². The molecule has 0 bridgehead atoms. The van der Waals surface area contributed by atoms with Crippen molar-refractivity contribution in [1.82, 2.24) is 9.97 Å². The van der Waals surface area contributed by atoms with Gasteiger partial charge in [0.15, 0.2) is 5.84 Å². The Labute approximate surface area is 75.1 Å². The molecule has 13 heavy (non-hydrogen) atoms. The second kappa shape index (κ2) is 4.24. The fourth-order valence-electron chi connectivity index (χ4n) is 0.740. The largest absolute Gasteiger partial charge is 0.477 e. The molecule has 0 aliphatic carbocycles. The monoisotopic (exact) mass is 182 g/mol. The zero-order valence-corrected chi connectivity index (χ0v) is 7.14. The van der Waals surface area contributed by atoms with Crippen LogP contribution in [-0.2, 0) is 0 Å². The van der Waals surface area contributed by atoms with E-state index in [0.29, 0.717) is 12.5 Å². The SMILES string of the molecule is CCOc1cncc(/C(N)=N/O)n1. The summed E-state index contributed by atoms with van der Waals surface area (Å²) in [5.74, 6) is 0.264. The summed E-state index contributed by atoms with van der Waals surface area (Å²) in [6, 6.07) is 0. The molecule has 0 aromatic carbocycles. The number of hydrogen-bond acceptors (Lipinski definition) is 5. The van der Waals surface area contributed by atoms with Crippen LogP contribution in [0.3, 0.4) is 0 Å². The van der Waals surface area contributed by atoms with Crippen LogP contribution in [0.1, 0.15) is 12.6 Å². The molecule has 0 radical (unpaired) electrons. The Balaban J connectivity index is 2.91. The summed E-state index contributed by atoms with van der Waals surface area (Å²) >= 11 is 0. The fourth-order valence-corrected chi connectivity index (χ4v) is 0.740. The quantitative estimate of drug-likeness (QED) is 0.296. The van der Waals surface area contributed by atoms with Crippen LogP contribution < -0.4 is 10.5 Å². The van der Waals surface area contributed by atoms with Crippen molar-refractivity contribution in [3.8, 4) is 5.88 Å². The van der Waals surface area contributed by atoms with Crippen molar-refractivity contribution in [1.29, 1.82) is 0 Å². The molecule has 0 unspecified atom stereocenters. The van der Waals surface area contributed by atoms with Crippen molar-refractivity contribution < 1.29 is 9.94 Å². The summed E-state index contributed by atoms with van der Waals surface area (Å²) in [5.41, 5.74) is 5.59. The Kier molecular flexibility index (Phi) is 3.02. The zero-order valence-electron chi connectivity index (χ0n) is 7.14. The Morgan fingerprint density at radius 3 is 3.08 bits per heavy atom. The molecule has 0 amide bonds. The zero-order chi connectivity index (χ0) is 9.68. The van der Waals surface area contributed by atoms with Gasteiger partial charge in [-0.25, -0.2) is 4.98 Å². The van der Waals surface area contributed by atoms with Crippen molar-refractivity contribution in [3.05, 3.63) is 18.1 Å². The van der Waals surface area contributed by atoms with E-state index in [-0.39, 0.29) is 11.5 Å². The van der Waals surface area contributed by atoms with Crippen LogP contribution in [0.15, 0.2) is 17.5 Å². The molecule has 1 aromatic rings. The molecule has 0 aliphatic rings. The Morgan fingerprint density at radius 2 is 2.46 bits per heavy atom. The Morgan fingerprint density at radius 1 is 1.69 bits per heavy atom. The van der Waals surface area contributed by atoms with Gasteiger partial charge in [0.1, 0.15) is 5.69 Å². The fraction of sp³-hybridized carbons (Fsp3) is 0.286. The first-order chi connectivity index (χ1) is 6.27. The molecule has 0 aliphatic heterocycles. The highest BCUT2D eigenvalue weighted by Crippen LogP contribution is 2.04. The van der Waals surface area contributed by atoms with Crippen LogP contribution in [0, 0.1) is 0 Å². The number of ether oxygens (including phenoxy) is 1. The minimum absolute atomic E-state index is 0.0888. The predicted octanol–water partition coefficient (Wildman–Crippen LogP) is -0.0302. The maximum Gasteiger partial charge on any atom is 0.232 e. The van der Waals surface area contributed by atoms with Gasteiger partial charge in [-0.05, 0) is 6.92 Å².